The van der Waals surface area contributed by atoms with Crippen LogP contribution in [0.3, 0.4) is 0 Å². The summed E-state index contributed by atoms with van der Waals surface area (Å²) in [7, 11) is 0. The van der Waals surface area contributed by atoms with E-state index in [-0.39, 0.29) is 5.69 Å². The monoisotopic (exact) mass is 308 g/mol. The average Bonchev–Trinajstić information content (AvgIpc) is 2.59. The fraction of sp³-hybridized carbons (Fsp3) is 0.211. The minimum absolute atomic E-state index is 0.100. The van der Waals surface area contributed by atoms with Gasteiger partial charge in [-0.25, -0.2) is 0 Å². The first-order valence-electron chi connectivity index (χ1n) is 7.72. The van der Waals surface area contributed by atoms with Gasteiger partial charge in [-0.15, -0.1) is 0 Å². The van der Waals surface area contributed by atoms with E-state index in [1.54, 1.807) is 12.1 Å². The van der Waals surface area contributed by atoms with E-state index in [0.29, 0.717) is 0 Å². The van der Waals surface area contributed by atoms with Gasteiger partial charge in [0.1, 0.15) is 0 Å². The second-order valence-electron chi connectivity index (χ2n) is 5.12. The summed E-state index contributed by atoms with van der Waals surface area (Å²) in [6, 6.07) is 14.6. The van der Waals surface area contributed by atoms with Crippen molar-refractivity contribution in [2.45, 2.75) is 26.7 Å². The minimum Gasteiger partial charge on any atom is -0.258 e. The van der Waals surface area contributed by atoms with Crippen LogP contribution in [0.2, 0.25) is 0 Å². The first-order valence-corrected chi connectivity index (χ1v) is 7.72. The Balaban J connectivity index is 2.21. The topological polar surface area (TPSA) is 55.5 Å². The highest BCUT2D eigenvalue weighted by Crippen LogP contribution is 2.20. The first-order chi connectivity index (χ1) is 11.1. The van der Waals surface area contributed by atoms with Crippen LogP contribution in [-0.2, 0) is 6.42 Å². The second-order valence-corrected chi connectivity index (χ2v) is 5.12. The van der Waals surface area contributed by atoms with Crippen LogP contribution in [0.4, 0.5) is 11.4 Å². The molecule has 0 radical (unpaired) electrons. The van der Waals surface area contributed by atoms with Gasteiger partial charge in [-0.05, 0) is 48.2 Å². The van der Waals surface area contributed by atoms with Crippen molar-refractivity contribution in [2.24, 2.45) is 4.99 Å². The fourth-order valence-corrected chi connectivity index (χ4v) is 2.21. The zero-order valence-electron chi connectivity index (χ0n) is 13.4. The molecule has 118 valence electrons. The predicted octanol–water partition coefficient (Wildman–Crippen LogP) is 5.35. The number of nitro benzene ring substituents is 1. The van der Waals surface area contributed by atoms with Crippen LogP contribution in [-0.4, -0.2) is 10.6 Å². The molecule has 0 fully saturated rings. The number of allylic oxidation sites excluding steroid dienone is 1. The van der Waals surface area contributed by atoms with Crippen molar-refractivity contribution >= 4 is 23.2 Å². The van der Waals surface area contributed by atoms with Crippen molar-refractivity contribution in [3.63, 3.8) is 0 Å². The fourth-order valence-electron chi connectivity index (χ4n) is 2.21. The number of aliphatic imine (C=N–C) groups is 1. The maximum atomic E-state index is 10.7. The second kappa shape index (κ2) is 8.03. The lowest BCUT2D eigenvalue weighted by Crippen LogP contribution is -1.91. The summed E-state index contributed by atoms with van der Waals surface area (Å²) in [6.45, 7) is 4.18. The van der Waals surface area contributed by atoms with E-state index in [1.165, 1.54) is 17.7 Å². The molecule has 2 aromatic carbocycles. The molecule has 0 unspecified atom stereocenters. The Kier molecular flexibility index (Phi) is 5.80. The van der Waals surface area contributed by atoms with Crippen LogP contribution in [0.5, 0.6) is 0 Å². The maximum Gasteiger partial charge on any atom is 0.269 e. The van der Waals surface area contributed by atoms with Crippen molar-refractivity contribution in [3.8, 4) is 0 Å². The Morgan fingerprint density at radius 3 is 2.43 bits per heavy atom. The Labute approximate surface area is 136 Å². The number of rotatable bonds is 6. The van der Waals surface area contributed by atoms with Crippen molar-refractivity contribution in [1.29, 1.82) is 0 Å². The molecule has 0 amide bonds. The van der Waals surface area contributed by atoms with Gasteiger partial charge in [0.2, 0.25) is 0 Å². The number of para-hydroxylation sites is 1. The molecule has 0 aromatic heterocycles. The number of hydrogen-bond acceptors (Lipinski definition) is 3. The van der Waals surface area contributed by atoms with E-state index in [0.717, 1.165) is 29.8 Å². The third-order valence-corrected chi connectivity index (χ3v) is 3.57. The van der Waals surface area contributed by atoms with Crippen LogP contribution in [0.1, 0.15) is 31.4 Å². The van der Waals surface area contributed by atoms with Crippen LogP contribution in [0.25, 0.3) is 6.08 Å². The smallest absolute Gasteiger partial charge is 0.258 e. The molecule has 0 saturated carbocycles. The van der Waals surface area contributed by atoms with Crippen LogP contribution in [0, 0.1) is 10.1 Å². The van der Waals surface area contributed by atoms with Gasteiger partial charge in [0.15, 0.2) is 0 Å². The zero-order chi connectivity index (χ0) is 16.7. The largest absolute Gasteiger partial charge is 0.269 e. The number of nitrogens with zero attached hydrogens (tertiary/aromatic N) is 2. The molecule has 0 aliphatic rings. The van der Waals surface area contributed by atoms with Gasteiger partial charge in [-0.1, -0.05) is 38.1 Å². The molecular formula is C19H20N2O2. The van der Waals surface area contributed by atoms with E-state index in [1.807, 2.05) is 30.4 Å². The van der Waals surface area contributed by atoms with E-state index >= 15 is 0 Å². The van der Waals surface area contributed by atoms with E-state index in [4.69, 9.17) is 4.99 Å². The van der Waals surface area contributed by atoms with E-state index in [2.05, 4.69) is 19.9 Å². The summed E-state index contributed by atoms with van der Waals surface area (Å²) in [4.78, 5) is 15.0. The lowest BCUT2D eigenvalue weighted by Gasteiger charge is -2.04. The molecule has 0 heterocycles. The van der Waals surface area contributed by atoms with Gasteiger partial charge in [0, 0.05) is 17.8 Å². The first kappa shape index (κ1) is 16.6. The van der Waals surface area contributed by atoms with Gasteiger partial charge in [0.05, 0.1) is 10.6 Å². The molecular weight excluding hydrogens is 288 g/mol. The zero-order valence-corrected chi connectivity index (χ0v) is 13.4. The van der Waals surface area contributed by atoms with Crippen LogP contribution >= 0.6 is 0 Å². The van der Waals surface area contributed by atoms with Crippen molar-refractivity contribution in [2.75, 3.05) is 0 Å². The van der Waals surface area contributed by atoms with Crippen molar-refractivity contribution < 1.29 is 4.92 Å². The number of non-ortho nitro benzene ring substituents is 1. The summed E-state index contributed by atoms with van der Waals surface area (Å²) in [5.74, 6) is 0. The molecule has 0 bridgehead atoms. The minimum atomic E-state index is -0.395. The maximum absolute atomic E-state index is 10.7. The average molecular weight is 308 g/mol. The Hall–Kier alpha value is -2.75. The highest BCUT2D eigenvalue weighted by Gasteiger charge is 2.03. The molecule has 23 heavy (non-hydrogen) atoms. The normalized spacial score (nSPS) is 11.8. The van der Waals surface area contributed by atoms with Gasteiger partial charge in [-0.2, -0.15) is 0 Å². The van der Waals surface area contributed by atoms with Crippen LogP contribution < -0.4 is 0 Å². The third kappa shape index (κ3) is 4.61. The van der Waals surface area contributed by atoms with Gasteiger partial charge < -0.3 is 0 Å². The summed E-state index contributed by atoms with van der Waals surface area (Å²) in [5.41, 5.74) is 4.22. The van der Waals surface area contributed by atoms with E-state index in [9.17, 15) is 10.1 Å². The summed E-state index contributed by atoms with van der Waals surface area (Å²) in [5, 5.41) is 10.7. The SMILES string of the molecule is CCC(/C=C/c1ccc([N+](=O)[O-])cc1)=Nc1ccccc1CC. The molecule has 0 aliphatic heterocycles. The molecule has 0 spiro atoms. The Bertz CT molecular complexity index is 731. The summed E-state index contributed by atoms with van der Waals surface area (Å²) >= 11 is 0. The predicted molar refractivity (Wildman–Crippen MR) is 95.3 cm³/mol. The number of benzene rings is 2. The quantitative estimate of drug-likeness (QED) is 0.410. The molecule has 0 aliphatic carbocycles. The molecule has 2 aromatic rings. The molecule has 0 N–H and O–H groups in total. The number of aryl methyl sites for hydroxylation is 1. The Morgan fingerprint density at radius 1 is 1.13 bits per heavy atom. The number of nitro groups is 1. The van der Waals surface area contributed by atoms with Crippen molar-refractivity contribution in [1.82, 2.24) is 0 Å². The van der Waals surface area contributed by atoms with Gasteiger partial charge in [-0.3, -0.25) is 15.1 Å². The van der Waals surface area contributed by atoms with Gasteiger partial charge >= 0.3 is 0 Å². The Morgan fingerprint density at radius 2 is 1.83 bits per heavy atom. The lowest BCUT2D eigenvalue weighted by atomic mass is 10.1. The third-order valence-electron chi connectivity index (χ3n) is 3.57. The van der Waals surface area contributed by atoms with Gasteiger partial charge in [0.25, 0.3) is 5.69 Å². The number of hydrogen-bond donors (Lipinski definition) is 0. The highest BCUT2D eigenvalue weighted by atomic mass is 16.6. The van der Waals surface area contributed by atoms with Crippen molar-refractivity contribution in [3.05, 3.63) is 75.8 Å². The standard InChI is InChI=1S/C19H20N2O2/c1-3-16-7-5-6-8-19(16)20-17(4-2)12-9-15-10-13-18(14-11-15)21(22)23/h5-14H,3-4H2,1-2H3/b12-9+,20-17?. The molecule has 0 atom stereocenters. The molecule has 4 heteroatoms. The molecule has 0 saturated heterocycles. The lowest BCUT2D eigenvalue weighted by molar-refractivity contribution is -0.384. The molecule has 2 rings (SSSR count). The summed E-state index contributed by atoms with van der Waals surface area (Å²) < 4.78 is 0. The van der Waals surface area contributed by atoms with E-state index < -0.39 is 4.92 Å². The molecule has 4 nitrogen and oxygen atoms in total. The highest BCUT2D eigenvalue weighted by molar-refractivity contribution is 5.99. The summed E-state index contributed by atoms with van der Waals surface area (Å²) in [6.07, 6.45) is 5.67. The van der Waals surface area contributed by atoms with Crippen LogP contribution in [0.15, 0.2) is 59.6 Å².